The maximum Gasteiger partial charge on any atom is 0.420 e. The Balaban J connectivity index is 1.78. The summed E-state index contributed by atoms with van der Waals surface area (Å²) < 4.78 is 57.9. The number of methoxy groups -OCH3 is 1. The molecule has 0 N–H and O–H groups in total. The van der Waals surface area contributed by atoms with Gasteiger partial charge in [-0.05, 0) is 48.6 Å². The zero-order valence-corrected chi connectivity index (χ0v) is 19.3. The molecule has 7 nitrogen and oxygen atoms in total. The number of rotatable bonds is 9. The van der Waals surface area contributed by atoms with Crippen molar-refractivity contribution in [3.8, 4) is 23.1 Å². The number of carbonyl (C=O) groups is 1. The van der Waals surface area contributed by atoms with Crippen LogP contribution in [-0.4, -0.2) is 34.5 Å². The van der Waals surface area contributed by atoms with E-state index in [0.717, 1.165) is 11.6 Å². The molecule has 0 radical (unpaired) electrons. The highest BCUT2D eigenvalue weighted by Crippen LogP contribution is 2.37. The Morgan fingerprint density at radius 3 is 2.53 bits per heavy atom. The second-order valence-corrected chi connectivity index (χ2v) is 7.84. The van der Waals surface area contributed by atoms with Gasteiger partial charge >= 0.3 is 12.1 Å². The van der Waals surface area contributed by atoms with Crippen LogP contribution in [0.2, 0.25) is 0 Å². The SMILES string of the molecule is COc1cccc(OC(C)=O)c1OCCCc1cn(-c2ncccc2C(F)(F)F)nc1C(C)C. The number of para-hydroxylation sites is 1. The molecule has 0 saturated carbocycles. The number of halogens is 3. The van der Waals surface area contributed by atoms with E-state index in [1.165, 1.54) is 31.0 Å². The largest absolute Gasteiger partial charge is 0.493 e. The normalized spacial score (nSPS) is 11.5. The molecule has 0 fully saturated rings. The summed E-state index contributed by atoms with van der Waals surface area (Å²) in [5, 5.41) is 4.40. The number of nitrogens with zero attached hydrogens (tertiary/aromatic N) is 3. The quantitative estimate of drug-likeness (QED) is 0.235. The number of hydrogen-bond acceptors (Lipinski definition) is 6. The van der Waals surface area contributed by atoms with Crippen LogP contribution in [-0.2, 0) is 17.4 Å². The third-order valence-electron chi connectivity index (χ3n) is 4.93. The minimum Gasteiger partial charge on any atom is -0.493 e. The Labute approximate surface area is 195 Å². The van der Waals surface area contributed by atoms with E-state index in [0.29, 0.717) is 30.0 Å². The van der Waals surface area contributed by atoms with E-state index in [1.54, 1.807) is 24.4 Å². The molecule has 182 valence electrons. The van der Waals surface area contributed by atoms with Gasteiger partial charge in [0.2, 0.25) is 5.75 Å². The number of alkyl halides is 3. The zero-order valence-electron chi connectivity index (χ0n) is 19.3. The van der Waals surface area contributed by atoms with E-state index in [9.17, 15) is 18.0 Å². The smallest absolute Gasteiger partial charge is 0.420 e. The first-order chi connectivity index (χ1) is 16.1. The number of benzene rings is 1. The fourth-order valence-corrected chi connectivity index (χ4v) is 3.48. The number of pyridine rings is 1. The first-order valence-corrected chi connectivity index (χ1v) is 10.7. The van der Waals surface area contributed by atoms with Crippen molar-refractivity contribution in [1.82, 2.24) is 14.8 Å². The number of hydrogen-bond donors (Lipinski definition) is 0. The first-order valence-electron chi connectivity index (χ1n) is 10.7. The predicted molar refractivity (Wildman–Crippen MR) is 119 cm³/mol. The van der Waals surface area contributed by atoms with Gasteiger partial charge in [-0.1, -0.05) is 19.9 Å². The summed E-state index contributed by atoms with van der Waals surface area (Å²) in [5.41, 5.74) is 0.645. The highest BCUT2D eigenvalue weighted by Gasteiger charge is 2.35. The van der Waals surface area contributed by atoms with E-state index < -0.39 is 17.7 Å². The van der Waals surface area contributed by atoms with Gasteiger partial charge in [0.05, 0.1) is 19.4 Å². The van der Waals surface area contributed by atoms with Crippen LogP contribution < -0.4 is 14.2 Å². The summed E-state index contributed by atoms with van der Waals surface area (Å²) in [6, 6.07) is 7.21. The second kappa shape index (κ2) is 10.6. The van der Waals surface area contributed by atoms with Crippen molar-refractivity contribution in [2.24, 2.45) is 0 Å². The van der Waals surface area contributed by atoms with Crippen molar-refractivity contribution >= 4 is 5.97 Å². The molecule has 0 spiro atoms. The van der Waals surface area contributed by atoms with Crippen molar-refractivity contribution < 1.29 is 32.2 Å². The molecule has 0 aliphatic carbocycles. The summed E-state index contributed by atoms with van der Waals surface area (Å²) in [5.74, 6) is 0.226. The third kappa shape index (κ3) is 5.86. The van der Waals surface area contributed by atoms with Gasteiger partial charge in [0.1, 0.15) is 5.56 Å². The molecule has 34 heavy (non-hydrogen) atoms. The molecule has 0 bridgehead atoms. The van der Waals surface area contributed by atoms with Crippen molar-refractivity contribution in [3.05, 3.63) is 59.5 Å². The molecule has 0 aliphatic rings. The van der Waals surface area contributed by atoms with Crippen LogP contribution in [0.5, 0.6) is 17.2 Å². The molecule has 0 amide bonds. The molecule has 3 aromatic rings. The molecule has 0 atom stereocenters. The second-order valence-electron chi connectivity index (χ2n) is 7.84. The van der Waals surface area contributed by atoms with Gasteiger partial charge in [0, 0.05) is 19.3 Å². The maximum atomic E-state index is 13.4. The molecule has 0 aliphatic heterocycles. The first kappa shape index (κ1) is 25.1. The lowest BCUT2D eigenvalue weighted by atomic mass is 10.0. The van der Waals surface area contributed by atoms with Crippen LogP contribution >= 0.6 is 0 Å². The van der Waals surface area contributed by atoms with Gasteiger partial charge in [0.15, 0.2) is 17.3 Å². The van der Waals surface area contributed by atoms with E-state index in [2.05, 4.69) is 10.1 Å². The van der Waals surface area contributed by atoms with E-state index in [-0.39, 0.29) is 24.1 Å². The van der Waals surface area contributed by atoms with Crippen molar-refractivity contribution in [3.63, 3.8) is 0 Å². The Kier molecular flexibility index (Phi) is 7.80. The van der Waals surface area contributed by atoms with Gasteiger partial charge in [0.25, 0.3) is 0 Å². The number of esters is 1. The average Bonchev–Trinajstić information content (AvgIpc) is 3.21. The molecule has 2 heterocycles. The average molecular weight is 477 g/mol. The Bertz CT molecular complexity index is 1140. The summed E-state index contributed by atoms with van der Waals surface area (Å²) in [6.45, 7) is 5.40. The predicted octanol–water partition coefficient (Wildman–Crippen LogP) is 5.36. The third-order valence-corrected chi connectivity index (χ3v) is 4.93. The lowest BCUT2D eigenvalue weighted by Crippen LogP contribution is -2.12. The summed E-state index contributed by atoms with van der Waals surface area (Å²) in [7, 11) is 1.48. The van der Waals surface area contributed by atoms with Gasteiger partial charge in [-0.15, -0.1) is 0 Å². The summed E-state index contributed by atoms with van der Waals surface area (Å²) in [4.78, 5) is 15.3. The number of aromatic nitrogens is 3. The van der Waals surface area contributed by atoms with Crippen molar-refractivity contribution in [2.45, 2.75) is 45.7 Å². The maximum absolute atomic E-state index is 13.4. The van der Waals surface area contributed by atoms with Crippen molar-refractivity contribution in [2.75, 3.05) is 13.7 Å². The Hall–Kier alpha value is -3.56. The minimum atomic E-state index is -4.55. The molecular formula is C24H26F3N3O4. The Morgan fingerprint density at radius 1 is 1.15 bits per heavy atom. The molecule has 0 unspecified atom stereocenters. The van der Waals surface area contributed by atoms with Gasteiger partial charge < -0.3 is 14.2 Å². The lowest BCUT2D eigenvalue weighted by Gasteiger charge is -2.14. The van der Waals surface area contributed by atoms with Gasteiger partial charge in [-0.3, -0.25) is 4.79 Å². The van der Waals surface area contributed by atoms with E-state index in [4.69, 9.17) is 14.2 Å². The van der Waals surface area contributed by atoms with Crippen LogP contribution in [0.25, 0.3) is 5.82 Å². The minimum absolute atomic E-state index is 0.00000366. The molecular weight excluding hydrogens is 451 g/mol. The molecule has 3 rings (SSSR count). The number of aryl methyl sites for hydroxylation is 1. The topological polar surface area (TPSA) is 75.5 Å². The standard InChI is InChI=1S/C24H26F3N3O4/c1-15(2)21-17(14-30(29-21)23-18(24(25,26)27)9-6-12-28-23)8-7-13-33-22-19(32-4)10-5-11-20(22)34-16(3)31/h5-6,9-12,14-15H,7-8,13H2,1-4H3. The fraction of sp³-hybridized carbons (Fsp3) is 0.375. The van der Waals surface area contributed by atoms with Crippen LogP contribution in [0.15, 0.2) is 42.7 Å². The molecule has 0 saturated heterocycles. The summed E-state index contributed by atoms with van der Waals surface area (Å²) >= 11 is 0. The van der Waals surface area contributed by atoms with E-state index in [1.807, 2.05) is 13.8 Å². The van der Waals surface area contributed by atoms with Crippen LogP contribution in [0.3, 0.4) is 0 Å². The Morgan fingerprint density at radius 2 is 1.88 bits per heavy atom. The van der Waals surface area contributed by atoms with Crippen LogP contribution in [0.4, 0.5) is 13.2 Å². The van der Waals surface area contributed by atoms with Crippen LogP contribution in [0.1, 0.15) is 49.9 Å². The van der Waals surface area contributed by atoms with Gasteiger partial charge in [-0.25, -0.2) is 9.67 Å². The highest BCUT2D eigenvalue weighted by molar-refractivity contribution is 5.71. The van der Waals surface area contributed by atoms with Gasteiger partial charge in [-0.2, -0.15) is 18.3 Å². The van der Waals surface area contributed by atoms with E-state index >= 15 is 0 Å². The van der Waals surface area contributed by atoms with Crippen LogP contribution in [0, 0.1) is 0 Å². The summed E-state index contributed by atoms with van der Waals surface area (Å²) in [6.07, 6.45) is -0.601. The fourth-order valence-electron chi connectivity index (χ4n) is 3.48. The lowest BCUT2D eigenvalue weighted by molar-refractivity contribution is -0.137. The molecule has 1 aromatic carbocycles. The monoisotopic (exact) mass is 477 g/mol. The molecule has 2 aromatic heterocycles. The highest BCUT2D eigenvalue weighted by atomic mass is 19.4. The van der Waals surface area contributed by atoms with Crippen molar-refractivity contribution in [1.29, 1.82) is 0 Å². The number of ether oxygens (including phenoxy) is 3. The molecule has 10 heteroatoms. The number of carbonyl (C=O) groups excluding carboxylic acids is 1. The zero-order chi connectivity index (χ0) is 24.9.